The van der Waals surface area contributed by atoms with Crippen molar-refractivity contribution in [2.24, 2.45) is 0 Å². The van der Waals surface area contributed by atoms with Gasteiger partial charge in [-0.05, 0) is 70.6 Å². The number of ether oxygens (including phenoxy) is 2. The number of unbranched alkanes of at least 4 members (excludes halogenated alkanes) is 30. The highest BCUT2D eigenvalue weighted by Crippen LogP contribution is 2.15. The van der Waals surface area contributed by atoms with Gasteiger partial charge >= 0.3 is 5.97 Å². The van der Waals surface area contributed by atoms with Crippen molar-refractivity contribution in [3.8, 4) is 0 Å². The summed E-state index contributed by atoms with van der Waals surface area (Å²) < 4.78 is 11.2. The zero-order valence-corrected chi connectivity index (χ0v) is 35.8. The number of hydrogen-bond donors (Lipinski definition) is 1. The lowest BCUT2D eigenvalue weighted by Crippen LogP contribution is -2.27. The standard InChI is InChI=1S/C49H92O4/c1-3-5-7-9-11-13-15-17-19-21-23-24-25-26-27-28-30-32-34-36-38-40-42-44-49(51)53-48(46-50)47-52-45-43-41-39-37-35-33-31-29-22-20-18-16-14-12-10-8-6-4-2/h15,17-18,20-21,23,48,50H,3-14,16,19,22,24-47H2,1-2H3/b17-15-,20-18-,23-21-. The second kappa shape index (κ2) is 46.8. The molecule has 0 radical (unpaired) electrons. The number of allylic oxidation sites excluding steroid dienone is 6. The Balaban J connectivity index is 3.41. The molecular formula is C49H92O4. The van der Waals surface area contributed by atoms with Gasteiger partial charge in [0.15, 0.2) is 0 Å². The maximum Gasteiger partial charge on any atom is 0.306 e. The summed E-state index contributed by atoms with van der Waals surface area (Å²) in [6.45, 7) is 5.35. The highest BCUT2D eigenvalue weighted by Gasteiger charge is 2.13. The van der Waals surface area contributed by atoms with Crippen LogP contribution in [-0.2, 0) is 14.3 Å². The number of aliphatic hydroxyl groups excluding tert-OH is 1. The summed E-state index contributed by atoms with van der Waals surface area (Å²) in [6.07, 6.45) is 59.3. The summed E-state index contributed by atoms with van der Waals surface area (Å²) in [4.78, 5) is 12.2. The SMILES string of the molecule is CCCCCCC/C=C\C/C=C\CCCCCCCCCCCCCC(=O)OC(CO)COCCCCCCCCCC/C=C\CCCCCCCC. The number of aliphatic hydroxyl groups is 1. The monoisotopic (exact) mass is 745 g/mol. The average Bonchev–Trinajstić information content (AvgIpc) is 3.16. The zero-order valence-electron chi connectivity index (χ0n) is 35.8. The summed E-state index contributed by atoms with van der Waals surface area (Å²) in [7, 11) is 0. The summed E-state index contributed by atoms with van der Waals surface area (Å²) in [5.41, 5.74) is 0. The summed E-state index contributed by atoms with van der Waals surface area (Å²) >= 11 is 0. The molecule has 4 nitrogen and oxygen atoms in total. The Labute approximate surface area is 331 Å². The molecule has 0 aromatic rings. The number of esters is 1. The Hall–Kier alpha value is -1.39. The van der Waals surface area contributed by atoms with Gasteiger partial charge in [-0.2, -0.15) is 0 Å². The second-order valence-corrected chi connectivity index (χ2v) is 15.8. The van der Waals surface area contributed by atoms with Gasteiger partial charge in [-0.3, -0.25) is 4.79 Å². The lowest BCUT2D eigenvalue weighted by Gasteiger charge is -2.16. The van der Waals surface area contributed by atoms with Gasteiger partial charge in [0.25, 0.3) is 0 Å². The second-order valence-electron chi connectivity index (χ2n) is 15.8. The van der Waals surface area contributed by atoms with E-state index in [1.165, 1.54) is 199 Å². The molecule has 4 heteroatoms. The molecule has 0 aromatic carbocycles. The predicted molar refractivity (Wildman–Crippen MR) is 233 cm³/mol. The van der Waals surface area contributed by atoms with Crippen molar-refractivity contribution in [3.05, 3.63) is 36.5 Å². The van der Waals surface area contributed by atoms with Gasteiger partial charge in [0.05, 0.1) is 13.2 Å². The van der Waals surface area contributed by atoms with Crippen LogP contribution >= 0.6 is 0 Å². The van der Waals surface area contributed by atoms with Crippen molar-refractivity contribution in [3.63, 3.8) is 0 Å². The number of hydrogen-bond acceptors (Lipinski definition) is 4. The van der Waals surface area contributed by atoms with Crippen molar-refractivity contribution in [1.29, 1.82) is 0 Å². The van der Waals surface area contributed by atoms with Crippen LogP contribution in [0.5, 0.6) is 0 Å². The Bertz CT molecular complexity index is 787. The van der Waals surface area contributed by atoms with Crippen LogP contribution in [0.15, 0.2) is 36.5 Å². The zero-order chi connectivity index (χ0) is 38.4. The molecule has 0 aliphatic heterocycles. The molecule has 1 unspecified atom stereocenters. The smallest absolute Gasteiger partial charge is 0.306 e. The first-order chi connectivity index (χ1) is 26.2. The van der Waals surface area contributed by atoms with Crippen LogP contribution in [0.4, 0.5) is 0 Å². The van der Waals surface area contributed by atoms with Crippen molar-refractivity contribution >= 4 is 5.97 Å². The maximum absolute atomic E-state index is 12.2. The lowest BCUT2D eigenvalue weighted by molar-refractivity contribution is -0.154. The quantitative estimate of drug-likeness (QED) is 0.0383. The first-order valence-electron chi connectivity index (χ1n) is 23.6. The normalized spacial score (nSPS) is 12.6. The van der Waals surface area contributed by atoms with Crippen LogP contribution < -0.4 is 0 Å². The Kier molecular flexibility index (Phi) is 45.5. The molecule has 0 heterocycles. The molecule has 0 spiro atoms. The van der Waals surface area contributed by atoms with E-state index in [4.69, 9.17) is 9.47 Å². The van der Waals surface area contributed by atoms with Gasteiger partial charge in [-0.1, -0.05) is 204 Å². The fourth-order valence-corrected chi connectivity index (χ4v) is 6.88. The van der Waals surface area contributed by atoms with Gasteiger partial charge in [0.2, 0.25) is 0 Å². The van der Waals surface area contributed by atoms with Crippen molar-refractivity contribution < 1.29 is 19.4 Å². The molecule has 1 N–H and O–H groups in total. The minimum atomic E-state index is -0.536. The van der Waals surface area contributed by atoms with Crippen LogP contribution in [-0.4, -0.2) is 37.0 Å². The Morgan fingerprint density at radius 1 is 0.453 bits per heavy atom. The molecule has 0 fully saturated rings. The topological polar surface area (TPSA) is 55.8 Å². The molecule has 0 aliphatic carbocycles. The third kappa shape index (κ3) is 44.9. The summed E-state index contributed by atoms with van der Waals surface area (Å²) in [5.74, 6) is -0.201. The predicted octanol–water partition coefficient (Wildman–Crippen LogP) is 15.7. The molecule has 0 amide bonds. The molecular weight excluding hydrogens is 653 g/mol. The van der Waals surface area contributed by atoms with Crippen molar-refractivity contribution in [1.82, 2.24) is 0 Å². The van der Waals surface area contributed by atoms with Crippen LogP contribution in [0.3, 0.4) is 0 Å². The average molecular weight is 745 g/mol. The van der Waals surface area contributed by atoms with E-state index in [2.05, 4.69) is 50.3 Å². The van der Waals surface area contributed by atoms with E-state index in [1.54, 1.807) is 0 Å². The Morgan fingerprint density at radius 3 is 1.19 bits per heavy atom. The van der Waals surface area contributed by atoms with Gasteiger partial charge in [0, 0.05) is 13.0 Å². The maximum atomic E-state index is 12.2. The molecule has 0 saturated carbocycles. The van der Waals surface area contributed by atoms with E-state index in [9.17, 15) is 9.90 Å². The van der Waals surface area contributed by atoms with Gasteiger partial charge in [-0.25, -0.2) is 0 Å². The lowest BCUT2D eigenvalue weighted by atomic mass is 10.0. The summed E-state index contributed by atoms with van der Waals surface area (Å²) in [6, 6.07) is 0. The number of carbonyl (C=O) groups excluding carboxylic acids is 1. The molecule has 53 heavy (non-hydrogen) atoms. The van der Waals surface area contributed by atoms with Crippen LogP contribution in [0.1, 0.15) is 245 Å². The molecule has 0 aromatic heterocycles. The first-order valence-corrected chi connectivity index (χ1v) is 23.6. The third-order valence-corrected chi connectivity index (χ3v) is 10.4. The highest BCUT2D eigenvalue weighted by atomic mass is 16.6. The van der Waals surface area contributed by atoms with Crippen molar-refractivity contribution in [2.45, 2.75) is 251 Å². The largest absolute Gasteiger partial charge is 0.457 e. The van der Waals surface area contributed by atoms with Gasteiger partial charge in [0.1, 0.15) is 6.10 Å². The van der Waals surface area contributed by atoms with E-state index in [1.807, 2.05) is 0 Å². The van der Waals surface area contributed by atoms with Crippen LogP contribution in [0, 0.1) is 0 Å². The highest BCUT2D eigenvalue weighted by molar-refractivity contribution is 5.69. The van der Waals surface area contributed by atoms with E-state index in [-0.39, 0.29) is 12.6 Å². The van der Waals surface area contributed by atoms with E-state index >= 15 is 0 Å². The van der Waals surface area contributed by atoms with Crippen molar-refractivity contribution in [2.75, 3.05) is 19.8 Å². The molecule has 0 bridgehead atoms. The minimum absolute atomic E-state index is 0.172. The van der Waals surface area contributed by atoms with Gasteiger partial charge < -0.3 is 14.6 Å². The van der Waals surface area contributed by atoms with E-state index < -0.39 is 6.10 Å². The fourth-order valence-electron chi connectivity index (χ4n) is 6.88. The number of carbonyl (C=O) groups is 1. The van der Waals surface area contributed by atoms with Gasteiger partial charge in [-0.15, -0.1) is 0 Å². The van der Waals surface area contributed by atoms with E-state index in [0.717, 1.165) is 25.7 Å². The van der Waals surface area contributed by atoms with Crippen LogP contribution in [0.25, 0.3) is 0 Å². The molecule has 1 atom stereocenters. The molecule has 0 rings (SSSR count). The first kappa shape index (κ1) is 51.6. The fraction of sp³-hybridized carbons (Fsp3) is 0.857. The third-order valence-electron chi connectivity index (χ3n) is 10.4. The molecule has 0 aliphatic rings. The molecule has 312 valence electrons. The summed E-state index contributed by atoms with van der Waals surface area (Å²) in [5, 5.41) is 9.62. The Morgan fingerprint density at radius 2 is 0.792 bits per heavy atom. The number of rotatable bonds is 44. The minimum Gasteiger partial charge on any atom is -0.457 e. The van der Waals surface area contributed by atoms with Crippen LogP contribution in [0.2, 0.25) is 0 Å². The molecule has 0 saturated heterocycles. The van der Waals surface area contributed by atoms with E-state index in [0.29, 0.717) is 19.6 Å².